The normalized spacial score (nSPS) is 10.9. The van der Waals surface area contributed by atoms with Gasteiger partial charge in [-0.05, 0) is 24.5 Å². The van der Waals surface area contributed by atoms with Crippen molar-refractivity contribution in [1.82, 2.24) is 4.98 Å². The van der Waals surface area contributed by atoms with Gasteiger partial charge in [0.05, 0.1) is 12.1 Å². The molecule has 0 saturated heterocycles. The lowest BCUT2D eigenvalue weighted by Crippen LogP contribution is -2.14. The molecule has 0 saturated carbocycles. The molecule has 4 heteroatoms. The Hall–Kier alpha value is -2.10. The first-order valence-corrected chi connectivity index (χ1v) is 6.37. The zero-order chi connectivity index (χ0) is 14.0. The van der Waals surface area contributed by atoms with Crippen molar-refractivity contribution in [2.75, 3.05) is 6.61 Å². The minimum atomic E-state index is -0.503. The smallest absolute Gasteiger partial charge is 0.354 e. The summed E-state index contributed by atoms with van der Waals surface area (Å²) in [5.41, 5.74) is 1.69. The van der Waals surface area contributed by atoms with Crippen LogP contribution < -0.4 is 5.43 Å². The van der Waals surface area contributed by atoms with E-state index < -0.39 is 5.97 Å². The Morgan fingerprint density at radius 1 is 1.37 bits per heavy atom. The quantitative estimate of drug-likeness (QED) is 0.862. The average Bonchev–Trinajstić information content (AvgIpc) is 2.38. The third kappa shape index (κ3) is 2.52. The number of esters is 1. The summed E-state index contributed by atoms with van der Waals surface area (Å²) in [6.07, 6.45) is 0. The van der Waals surface area contributed by atoms with Crippen molar-refractivity contribution in [3.05, 3.63) is 45.7 Å². The Morgan fingerprint density at radius 3 is 2.74 bits per heavy atom. The number of rotatable bonds is 3. The van der Waals surface area contributed by atoms with E-state index in [1.807, 2.05) is 26.0 Å². The molecular weight excluding hydrogens is 242 g/mol. The molecule has 0 aliphatic rings. The lowest BCUT2D eigenvalue weighted by Gasteiger charge is -2.10. The van der Waals surface area contributed by atoms with E-state index in [1.54, 1.807) is 13.0 Å². The number of pyridine rings is 1. The number of benzene rings is 1. The summed E-state index contributed by atoms with van der Waals surface area (Å²) in [5.74, 6) is -0.255. The molecule has 0 aliphatic carbocycles. The van der Waals surface area contributed by atoms with Crippen molar-refractivity contribution in [3.63, 3.8) is 0 Å². The summed E-state index contributed by atoms with van der Waals surface area (Å²) in [6, 6.07) is 6.92. The van der Waals surface area contributed by atoms with Crippen LogP contribution in [-0.4, -0.2) is 17.6 Å². The minimum Gasteiger partial charge on any atom is -0.461 e. The van der Waals surface area contributed by atoms with Crippen LogP contribution in [0.1, 0.15) is 42.7 Å². The fourth-order valence-electron chi connectivity index (χ4n) is 2.13. The van der Waals surface area contributed by atoms with Crippen LogP contribution in [0.4, 0.5) is 0 Å². The molecule has 100 valence electrons. The Labute approximate surface area is 111 Å². The first-order chi connectivity index (χ1) is 9.04. The number of ether oxygens (including phenoxy) is 1. The number of aromatic amines is 1. The molecule has 0 aliphatic heterocycles. The molecule has 2 aromatic rings. The third-order valence-corrected chi connectivity index (χ3v) is 3.01. The lowest BCUT2D eigenvalue weighted by molar-refractivity contribution is 0.0520. The van der Waals surface area contributed by atoms with Crippen molar-refractivity contribution in [2.24, 2.45) is 0 Å². The summed E-state index contributed by atoms with van der Waals surface area (Å²) in [4.78, 5) is 26.8. The second kappa shape index (κ2) is 5.26. The zero-order valence-electron chi connectivity index (χ0n) is 11.3. The number of carbonyl (C=O) groups is 1. The number of aromatic nitrogens is 1. The van der Waals surface area contributed by atoms with Crippen LogP contribution in [0.25, 0.3) is 10.9 Å². The van der Waals surface area contributed by atoms with Crippen LogP contribution in [0.3, 0.4) is 0 Å². The molecule has 0 fully saturated rings. The molecular formula is C15H17NO3. The van der Waals surface area contributed by atoms with E-state index in [0.717, 1.165) is 5.56 Å². The first kappa shape index (κ1) is 13.3. The van der Waals surface area contributed by atoms with E-state index in [4.69, 9.17) is 4.74 Å². The van der Waals surface area contributed by atoms with Crippen molar-refractivity contribution < 1.29 is 9.53 Å². The molecule has 0 unspecified atom stereocenters. The van der Waals surface area contributed by atoms with E-state index in [9.17, 15) is 9.59 Å². The van der Waals surface area contributed by atoms with Crippen LogP contribution in [-0.2, 0) is 4.74 Å². The summed E-state index contributed by atoms with van der Waals surface area (Å²) >= 11 is 0. The van der Waals surface area contributed by atoms with Crippen molar-refractivity contribution in [3.8, 4) is 0 Å². The number of hydrogen-bond donors (Lipinski definition) is 1. The highest BCUT2D eigenvalue weighted by Crippen LogP contribution is 2.21. The van der Waals surface area contributed by atoms with Gasteiger partial charge in [-0.25, -0.2) is 4.79 Å². The Kier molecular flexibility index (Phi) is 3.69. The van der Waals surface area contributed by atoms with Crippen LogP contribution in [0.2, 0.25) is 0 Å². The van der Waals surface area contributed by atoms with E-state index in [0.29, 0.717) is 10.9 Å². The number of fused-ring (bicyclic) bond motifs is 1. The van der Waals surface area contributed by atoms with Crippen LogP contribution >= 0.6 is 0 Å². The van der Waals surface area contributed by atoms with Crippen molar-refractivity contribution >= 4 is 16.9 Å². The second-order valence-corrected chi connectivity index (χ2v) is 4.69. The molecule has 0 amide bonds. The summed E-state index contributed by atoms with van der Waals surface area (Å²) in [5, 5.41) is 0.644. The van der Waals surface area contributed by atoms with Gasteiger partial charge in [-0.2, -0.15) is 0 Å². The van der Waals surface area contributed by atoms with Crippen LogP contribution in [0.15, 0.2) is 29.1 Å². The summed E-state index contributed by atoms with van der Waals surface area (Å²) in [7, 11) is 0. The Balaban J connectivity index is 2.66. The Bertz CT molecular complexity index is 671. The standard InChI is InChI=1S/C15H17NO3/c1-4-19-15(18)12-8-13(17)14-10(9(2)3)6-5-7-11(14)16-12/h5-9H,4H2,1-3H3,(H,16,17). The number of carbonyl (C=O) groups excluding carboxylic acids is 1. The molecule has 0 spiro atoms. The van der Waals surface area contributed by atoms with Gasteiger partial charge in [0.25, 0.3) is 0 Å². The third-order valence-electron chi connectivity index (χ3n) is 3.01. The lowest BCUT2D eigenvalue weighted by atomic mass is 9.98. The minimum absolute atomic E-state index is 0.152. The number of hydrogen-bond acceptors (Lipinski definition) is 3. The van der Waals surface area contributed by atoms with E-state index >= 15 is 0 Å². The molecule has 0 bridgehead atoms. The maximum Gasteiger partial charge on any atom is 0.354 e. The molecule has 2 rings (SSSR count). The number of nitrogens with one attached hydrogen (secondary N) is 1. The fraction of sp³-hybridized carbons (Fsp3) is 0.333. The highest BCUT2D eigenvalue weighted by Gasteiger charge is 2.13. The zero-order valence-corrected chi connectivity index (χ0v) is 11.3. The topological polar surface area (TPSA) is 59.2 Å². The van der Waals surface area contributed by atoms with Gasteiger partial charge in [-0.3, -0.25) is 4.79 Å². The van der Waals surface area contributed by atoms with Crippen molar-refractivity contribution in [1.29, 1.82) is 0 Å². The monoisotopic (exact) mass is 259 g/mol. The molecule has 1 heterocycles. The van der Waals surface area contributed by atoms with Gasteiger partial charge in [0.15, 0.2) is 5.43 Å². The molecule has 0 radical (unpaired) electrons. The van der Waals surface area contributed by atoms with E-state index in [-0.39, 0.29) is 23.6 Å². The van der Waals surface area contributed by atoms with Gasteiger partial charge in [0.1, 0.15) is 5.69 Å². The van der Waals surface area contributed by atoms with E-state index in [1.165, 1.54) is 6.07 Å². The summed E-state index contributed by atoms with van der Waals surface area (Å²) in [6.45, 7) is 6.08. The van der Waals surface area contributed by atoms with Gasteiger partial charge in [0.2, 0.25) is 0 Å². The maximum atomic E-state index is 12.2. The maximum absolute atomic E-state index is 12.2. The molecule has 4 nitrogen and oxygen atoms in total. The van der Waals surface area contributed by atoms with Crippen LogP contribution in [0, 0.1) is 0 Å². The molecule has 1 aromatic carbocycles. The van der Waals surface area contributed by atoms with Gasteiger partial charge < -0.3 is 9.72 Å². The highest BCUT2D eigenvalue weighted by atomic mass is 16.5. The predicted octanol–water partition coefficient (Wildman–Crippen LogP) is 2.83. The molecule has 19 heavy (non-hydrogen) atoms. The molecule has 1 N–H and O–H groups in total. The van der Waals surface area contributed by atoms with Gasteiger partial charge in [0, 0.05) is 11.5 Å². The molecule has 0 atom stereocenters. The van der Waals surface area contributed by atoms with Crippen LogP contribution in [0.5, 0.6) is 0 Å². The molecule has 1 aromatic heterocycles. The van der Waals surface area contributed by atoms with Gasteiger partial charge >= 0.3 is 5.97 Å². The predicted molar refractivity (Wildman–Crippen MR) is 74.6 cm³/mol. The Morgan fingerprint density at radius 2 is 2.11 bits per heavy atom. The second-order valence-electron chi connectivity index (χ2n) is 4.69. The fourth-order valence-corrected chi connectivity index (χ4v) is 2.13. The largest absolute Gasteiger partial charge is 0.461 e. The summed E-state index contributed by atoms with van der Waals surface area (Å²) < 4.78 is 4.90. The van der Waals surface area contributed by atoms with E-state index in [2.05, 4.69) is 4.98 Å². The number of H-pyrrole nitrogens is 1. The average molecular weight is 259 g/mol. The van der Waals surface area contributed by atoms with Crippen molar-refractivity contribution in [2.45, 2.75) is 26.7 Å². The first-order valence-electron chi connectivity index (χ1n) is 6.37. The van der Waals surface area contributed by atoms with Gasteiger partial charge in [-0.1, -0.05) is 26.0 Å². The SMILES string of the molecule is CCOC(=O)c1cc(=O)c2c(C(C)C)cccc2[nH]1. The highest BCUT2D eigenvalue weighted by molar-refractivity contribution is 5.92. The van der Waals surface area contributed by atoms with Gasteiger partial charge in [-0.15, -0.1) is 0 Å².